The van der Waals surface area contributed by atoms with Crippen LogP contribution in [-0.2, 0) is 0 Å². The molecular formula is C15H13N5O2. The fourth-order valence-corrected chi connectivity index (χ4v) is 1.94. The van der Waals surface area contributed by atoms with E-state index in [4.69, 9.17) is 5.11 Å². The van der Waals surface area contributed by atoms with Gasteiger partial charge in [0.15, 0.2) is 11.5 Å². The molecule has 0 atom stereocenters. The third kappa shape index (κ3) is 2.93. The zero-order valence-corrected chi connectivity index (χ0v) is 11.8. The first-order chi connectivity index (χ1) is 10.6. The van der Waals surface area contributed by atoms with Crippen molar-refractivity contribution in [2.24, 2.45) is 0 Å². The van der Waals surface area contributed by atoms with Gasteiger partial charge in [-0.05, 0) is 25.1 Å². The Balaban J connectivity index is 1.93. The molecule has 0 saturated heterocycles. The van der Waals surface area contributed by atoms with Crippen molar-refractivity contribution in [1.29, 1.82) is 0 Å². The number of aromatic nitrogens is 4. The SMILES string of the molecule is Cc1cc(-n2ccc(C(=O)O)n2)nc(Nc2ccccc2)n1. The Kier molecular flexibility index (Phi) is 3.53. The van der Waals surface area contributed by atoms with Gasteiger partial charge in [-0.2, -0.15) is 10.1 Å². The first-order valence-electron chi connectivity index (χ1n) is 6.59. The Morgan fingerprint density at radius 2 is 1.95 bits per heavy atom. The number of anilines is 2. The lowest BCUT2D eigenvalue weighted by Crippen LogP contribution is -2.06. The van der Waals surface area contributed by atoms with Crippen LogP contribution in [0.2, 0.25) is 0 Å². The molecule has 110 valence electrons. The lowest BCUT2D eigenvalue weighted by Gasteiger charge is -2.08. The smallest absolute Gasteiger partial charge is 0.356 e. The third-order valence-corrected chi connectivity index (χ3v) is 2.91. The van der Waals surface area contributed by atoms with Crippen molar-refractivity contribution in [3.63, 3.8) is 0 Å². The summed E-state index contributed by atoms with van der Waals surface area (Å²) in [6.45, 7) is 1.84. The van der Waals surface area contributed by atoms with Gasteiger partial charge in [0.05, 0.1) is 0 Å². The molecule has 2 heterocycles. The Labute approximate surface area is 126 Å². The third-order valence-electron chi connectivity index (χ3n) is 2.91. The normalized spacial score (nSPS) is 10.4. The highest BCUT2D eigenvalue weighted by atomic mass is 16.4. The number of carboxylic acids is 1. The summed E-state index contributed by atoms with van der Waals surface area (Å²) in [7, 11) is 0. The molecule has 2 N–H and O–H groups in total. The van der Waals surface area contributed by atoms with Gasteiger partial charge < -0.3 is 10.4 Å². The van der Waals surface area contributed by atoms with Crippen LogP contribution in [0.25, 0.3) is 5.82 Å². The largest absolute Gasteiger partial charge is 0.476 e. The second-order valence-corrected chi connectivity index (χ2v) is 4.63. The van der Waals surface area contributed by atoms with E-state index in [0.717, 1.165) is 11.4 Å². The fourth-order valence-electron chi connectivity index (χ4n) is 1.94. The van der Waals surface area contributed by atoms with Gasteiger partial charge in [0.2, 0.25) is 5.95 Å². The topological polar surface area (TPSA) is 92.9 Å². The van der Waals surface area contributed by atoms with Crippen LogP contribution in [0.4, 0.5) is 11.6 Å². The maximum absolute atomic E-state index is 10.9. The summed E-state index contributed by atoms with van der Waals surface area (Å²) < 4.78 is 1.41. The molecule has 3 aromatic rings. The molecule has 0 saturated carbocycles. The van der Waals surface area contributed by atoms with Crippen molar-refractivity contribution in [1.82, 2.24) is 19.7 Å². The molecular weight excluding hydrogens is 282 g/mol. The first-order valence-corrected chi connectivity index (χ1v) is 6.59. The highest BCUT2D eigenvalue weighted by Gasteiger charge is 2.10. The quantitative estimate of drug-likeness (QED) is 0.767. The first kappa shape index (κ1) is 13.7. The standard InChI is InChI=1S/C15H13N5O2/c1-10-9-13(20-8-7-12(19-20)14(21)22)18-15(16-10)17-11-5-3-2-4-6-11/h2-9H,1H3,(H,21,22)(H,16,17,18). The molecule has 0 amide bonds. The van der Waals surface area contributed by atoms with Crippen LogP contribution in [0.3, 0.4) is 0 Å². The Morgan fingerprint density at radius 3 is 2.64 bits per heavy atom. The molecule has 3 rings (SSSR count). The second kappa shape index (κ2) is 5.65. The molecule has 0 aliphatic rings. The predicted molar refractivity (Wildman–Crippen MR) is 80.6 cm³/mol. The highest BCUT2D eigenvalue weighted by Crippen LogP contribution is 2.15. The number of carbonyl (C=O) groups is 1. The summed E-state index contributed by atoms with van der Waals surface area (Å²) >= 11 is 0. The molecule has 7 heteroatoms. The second-order valence-electron chi connectivity index (χ2n) is 4.63. The van der Waals surface area contributed by atoms with Crippen LogP contribution in [0, 0.1) is 6.92 Å². The van der Waals surface area contributed by atoms with Gasteiger partial charge in [0.25, 0.3) is 0 Å². The van der Waals surface area contributed by atoms with Crippen LogP contribution in [0.1, 0.15) is 16.2 Å². The van der Waals surface area contributed by atoms with Crippen LogP contribution >= 0.6 is 0 Å². The number of hydrogen-bond acceptors (Lipinski definition) is 5. The van der Waals surface area contributed by atoms with Gasteiger partial charge in [0, 0.05) is 23.6 Å². The minimum Gasteiger partial charge on any atom is -0.476 e. The van der Waals surface area contributed by atoms with Gasteiger partial charge in [-0.25, -0.2) is 14.5 Å². The van der Waals surface area contributed by atoms with E-state index < -0.39 is 5.97 Å². The summed E-state index contributed by atoms with van der Waals surface area (Å²) in [5, 5.41) is 16.0. The summed E-state index contributed by atoms with van der Waals surface area (Å²) in [5.74, 6) is -0.154. The molecule has 0 aliphatic carbocycles. The summed E-state index contributed by atoms with van der Waals surface area (Å²) in [6.07, 6.45) is 1.55. The van der Waals surface area contributed by atoms with E-state index >= 15 is 0 Å². The van der Waals surface area contributed by atoms with E-state index in [1.807, 2.05) is 37.3 Å². The number of benzene rings is 1. The minimum absolute atomic E-state index is 0.0335. The van der Waals surface area contributed by atoms with E-state index in [1.54, 1.807) is 12.3 Å². The molecule has 1 aromatic carbocycles. The lowest BCUT2D eigenvalue weighted by atomic mass is 10.3. The number of rotatable bonds is 4. The van der Waals surface area contributed by atoms with Gasteiger partial charge in [-0.3, -0.25) is 0 Å². The van der Waals surface area contributed by atoms with Gasteiger partial charge in [-0.1, -0.05) is 18.2 Å². The van der Waals surface area contributed by atoms with Crippen molar-refractivity contribution in [3.05, 3.63) is 60.0 Å². The fraction of sp³-hybridized carbons (Fsp3) is 0.0667. The number of aromatic carboxylic acids is 1. The van der Waals surface area contributed by atoms with Gasteiger partial charge in [0.1, 0.15) is 0 Å². The molecule has 0 spiro atoms. The Bertz CT molecular complexity index is 814. The molecule has 0 fully saturated rings. The summed E-state index contributed by atoms with van der Waals surface area (Å²) in [4.78, 5) is 19.6. The molecule has 7 nitrogen and oxygen atoms in total. The number of hydrogen-bond donors (Lipinski definition) is 2. The lowest BCUT2D eigenvalue weighted by molar-refractivity contribution is 0.0690. The zero-order valence-electron chi connectivity index (χ0n) is 11.8. The van der Waals surface area contributed by atoms with E-state index in [2.05, 4.69) is 20.4 Å². The van der Waals surface area contributed by atoms with Crippen molar-refractivity contribution in [3.8, 4) is 5.82 Å². The summed E-state index contributed by atoms with van der Waals surface area (Å²) in [6, 6.07) is 12.7. The van der Waals surface area contributed by atoms with Crippen molar-refractivity contribution in [2.75, 3.05) is 5.32 Å². The van der Waals surface area contributed by atoms with E-state index in [9.17, 15) is 4.79 Å². The summed E-state index contributed by atoms with van der Waals surface area (Å²) in [5.41, 5.74) is 1.58. The molecule has 0 unspecified atom stereocenters. The van der Waals surface area contributed by atoms with Crippen LogP contribution < -0.4 is 5.32 Å². The van der Waals surface area contributed by atoms with Crippen molar-refractivity contribution < 1.29 is 9.90 Å². The van der Waals surface area contributed by atoms with Crippen molar-refractivity contribution in [2.45, 2.75) is 6.92 Å². The van der Waals surface area contributed by atoms with Crippen LogP contribution in [-0.4, -0.2) is 30.8 Å². The van der Waals surface area contributed by atoms with E-state index in [-0.39, 0.29) is 5.69 Å². The number of carboxylic acid groups (broad SMARTS) is 1. The molecule has 2 aromatic heterocycles. The number of aryl methyl sites for hydroxylation is 1. The molecule has 0 bridgehead atoms. The predicted octanol–water partition coefficient (Wildman–Crippen LogP) is 2.41. The van der Waals surface area contributed by atoms with Crippen LogP contribution in [0.5, 0.6) is 0 Å². The van der Waals surface area contributed by atoms with Gasteiger partial charge >= 0.3 is 5.97 Å². The average molecular weight is 295 g/mol. The molecule has 0 aliphatic heterocycles. The Hall–Kier alpha value is -3.22. The van der Waals surface area contributed by atoms with Gasteiger partial charge in [-0.15, -0.1) is 0 Å². The Morgan fingerprint density at radius 1 is 1.18 bits per heavy atom. The monoisotopic (exact) mass is 295 g/mol. The minimum atomic E-state index is -1.08. The van der Waals surface area contributed by atoms with E-state index in [1.165, 1.54) is 10.7 Å². The maximum Gasteiger partial charge on any atom is 0.356 e. The highest BCUT2D eigenvalue weighted by molar-refractivity contribution is 5.85. The zero-order chi connectivity index (χ0) is 15.5. The maximum atomic E-state index is 10.9. The molecule has 22 heavy (non-hydrogen) atoms. The number of para-hydroxylation sites is 1. The molecule has 0 radical (unpaired) electrons. The number of nitrogens with zero attached hydrogens (tertiary/aromatic N) is 4. The van der Waals surface area contributed by atoms with Crippen LogP contribution in [0.15, 0.2) is 48.7 Å². The average Bonchev–Trinajstić information content (AvgIpc) is 2.98. The van der Waals surface area contributed by atoms with E-state index in [0.29, 0.717) is 11.8 Å². The number of nitrogens with one attached hydrogen (secondary N) is 1. The van der Waals surface area contributed by atoms with Crippen molar-refractivity contribution >= 4 is 17.6 Å².